The van der Waals surface area contributed by atoms with Gasteiger partial charge in [0.05, 0.1) is 6.07 Å². The summed E-state index contributed by atoms with van der Waals surface area (Å²) < 4.78 is 0. The molecule has 2 nitrogen and oxygen atoms in total. The largest absolute Gasteiger partial charge is 0.314 e. The fourth-order valence-electron chi connectivity index (χ4n) is 2.86. The molecule has 92 valence electrons. The highest BCUT2D eigenvalue weighted by molar-refractivity contribution is 4.95. The Morgan fingerprint density at radius 3 is 2.44 bits per heavy atom. The summed E-state index contributed by atoms with van der Waals surface area (Å²) in [6.45, 7) is 7.90. The fraction of sp³-hybridized carbons (Fsp3) is 0.929. The average molecular weight is 222 g/mol. The molecular weight excluding hydrogens is 196 g/mol. The molecule has 1 saturated carbocycles. The van der Waals surface area contributed by atoms with Crippen molar-refractivity contribution in [3.63, 3.8) is 0 Å². The lowest BCUT2D eigenvalue weighted by Gasteiger charge is -2.42. The van der Waals surface area contributed by atoms with Crippen molar-refractivity contribution >= 4 is 0 Å². The van der Waals surface area contributed by atoms with Gasteiger partial charge < -0.3 is 5.32 Å². The predicted octanol–water partition coefficient (Wildman–Crippen LogP) is 3.48. The van der Waals surface area contributed by atoms with Crippen molar-refractivity contribution in [2.45, 2.75) is 65.3 Å². The Labute approximate surface area is 100 Å². The van der Waals surface area contributed by atoms with E-state index in [-0.39, 0.29) is 0 Å². The van der Waals surface area contributed by atoms with Gasteiger partial charge in [-0.2, -0.15) is 5.26 Å². The maximum atomic E-state index is 8.97. The lowest BCUT2D eigenvalue weighted by molar-refractivity contribution is 0.106. The van der Waals surface area contributed by atoms with E-state index in [4.69, 9.17) is 5.26 Å². The summed E-state index contributed by atoms with van der Waals surface area (Å²) >= 11 is 0. The van der Waals surface area contributed by atoms with E-state index < -0.39 is 0 Å². The molecule has 0 aromatic heterocycles. The van der Waals surface area contributed by atoms with Gasteiger partial charge in [-0.15, -0.1) is 0 Å². The molecular formula is C14H26N2. The summed E-state index contributed by atoms with van der Waals surface area (Å²) in [5, 5.41) is 12.6. The molecule has 1 N–H and O–H groups in total. The molecule has 1 aliphatic carbocycles. The van der Waals surface area contributed by atoms with Gasteiger partial charge in [0.15, 0.2) is 0 Å². The van der Waals surface area contributed by atoms with Crippen molar-refractivity contribution in [1.82, 2.24) is 5.32 Å². The van der Waals surface area contributed by atoms with Gasteiger partial charge in [-0.25, -0.2) is 0 Å². The molecule has 1 rings (SSSR count). The Morgan fingerprint density at radius 2 is 2.00 bits per heavy atom. The van der Waals surface area contributed by atoms with E-state index in [1.807, 2.05) is 0 Å². The Hall–Kier alpha value is -0.550. The van der Waals surface area contributed by atoms with Crippen LogP contribution in [0, 0.1) is 22.7 Å². The number of nitrogens with one attached hydrogen (secondary N) is 1. The first kappa shape index (κ1) is 13.5. The first-order valence-electron chi connectivity index (χ1n) is 6.75. The third kappa shape index (κ3) is 3.22. The number of hydrogen-bond donors (Lipinski definition) is 1. The lowest BCUT2D eigenvalue weighted by Crippen LogP contribution is -2.40. The minimum Gasteiger partial charge on any atom is -0.314 e. The van der Waals surface area contributed by atoms with Crippen LogP contribution in [0.15, 0.2) is 0 Å². The van der Waals surface area contributed by atoms with Gasteiger partial charge >= 0.3 is 0 Å². The van der Waals surface area contributed by atoms with Crippen LogP contribution < -0.4 is 5.32 Å². The maximum absolute atomic E-state index is 8.97. The van der Waals surface area contributed by atoms with Crippen molar-refractivity contribution in [2.24, 2.45) is 11.3 Å². The number of nitriles is 1. The smallest absolute Gasteiger partial charge is 0.0627 e. The van der Waals surface area contributed by atoms with Crippen LogP contribution in [0.2, 0.25) is 0 Å². The average Bonchev–Trinajstić information content (AvgIpc) is 2.28. The second-order valence-corrected chi connectivity index (χ2v) is 5.58. The topological polar surface area (TPSA) is 35.8 Å². The minimum atomic E-state index is 0.305. The SMILES string of the molecule is CCCNC1CCC(CC#N)(C(C)C)CC1. The Bertz CT molecular complexity index is 232. The normalized spacial score (nSPS) is 30.3. The monoisotopic (exact) mass is 222 g/mol. The molecule has 0 spiro atoms. The second kappa shape index (κ2) is 6.25. The molecule has 0 aromatic carbocycles. The van der Waals surface area contributed by atoms with Crippen molar-refractivity contribution in [2.75, 3.05) is 6.54 Å². The molecule has 0 radical (unpaired) electrons. The molecule has 0 aliphatic heterocycles. The lowest BCUT2D eigenvalue weighted by atomic mass is 9.64. The predicted molar refractivity (Wildman–Crippen MR) is 68.1 cm³/mol. The second-order valence-electron chi connectivity index (χ2n) is 5.58. The zero-order valence-electron chi connectivity index (χ0n) is 11.1. The minimum absolute atomic E-state index is 0.305. The molecule has 0 saturated heterocycles. The zero-order chi connectivity index (χ0) is 12.0. The molecule has 0 bridgehead atoms. The zero-order valence-corrected chi connectivity index (χ0v) is 11.1. The van der Waals surface area contributed by atoms with Gasteiger partial charge in [0.1, 0.15) is 0 Å². The maximum Gasteiger partial charge on any atom is 0.0627 e. The third-order valence-corrected chi connectivity index (χ3v) is 4.32. The Balaban J connectivity index is 2.47. The molecule has 1 fully saturated rings. The third-order valence-electron chi connectivity index (χ3n) is 4.32. The van der Waals surface area contributed by atoms with E-state index in [1.54, 1.807) is 0 Å². The van der Waals surface area contributed by atoms with Gasteiger partial charge in [-0.05, 0) is 50.0 Å². The van der Waals surface area contributed by atoms with E-state index in [0.29, 0.717) is 17.4 Å². The number of hydrogen-bond acceptors (Lipinski definition) is 2. The van der Waals surface area contributed by atoms with Crippen LogP contribution in [0.4, 0.5) is 0 Å². The van der Waals surface area contributed by atoms with Crippen LogP contribution in [0.3, 0.4) is 0 Å². The van der Waals surface area contributed by atoms with Crippen molar-refractivity contribution < 1.29 is 0 Å². The van der Waals surface area contributed by atoms with E-state index in [9.17, 15) is 0 Å². The Kier molecular flexibility index (Phi) is 5.28. The first-order valence-corrected chi connectivity index (χ1v) is 6.75. The summed E-state index contributed by atoms with van der Waals surface area (Å²) in [4.78, 5) is 0. The highest BCUT2D eigenvalue weighted by atomic mass is 14.9. The van der Waals surface area contributed by atoms with Gasteiger partial charge in [-0.3, -0.25) is 0 Å². The summed E-state index contributed by atoms with van der Waals surface area (Å²) in [5.41, 5.74) is 0.305. The highest BCUT2D eigenvalue weighted by Gasteiger charge is 2.37. The van der Waals surface area contributed by atoms with Crippen molar-refractivity contribution in [1.29, 1.82) is 5.26 Å². The van der Waals surface area contributed by atoms with Gasteiger partial charge in [0.2, 0.25) is 0 Å². The van der Waals surface area contributed by atoms with E-state index in [2.05, 4.69) is 32.2 Å². The number of rotatable bonds is 5. The summed E-state index contributed by atoms with van der Waals surface area (Å²) in [7, 11) is 0. The van der Waals surface area contributed by atoms with E-state index in [0.717, 1.165) is 13.0 Å². The van der Waals surface area contributed by atoms with Crippen molar-refractivity contribution in [3.05, 3.63) is 0 Å². The molecule has 0 unspecified atom stereocenters. The van der Waals surface area contributed by atoms with E-state index in [1.165, 1.54) is 32.1 Å². The quantitative estimate of drug-likeness (QED) is 0.773. The standard InChI is InChI=1S/C14H26N2/c1-4-11-16-13-5-7-14(8-6-13,9-10-15)12(2)3/h12-13,16H,4-9,11H2,1-3H3. The van der Waals surface area contributed by atoms with Crippen LogP contribution in [0.25, 0.3) is 0 Å². The molecule has 0 amide bonds. The van der Waals surface area contributed by atoms with Gasteiger partial charge in [0, 0.05) is 12.5 Å². The summed E-state index contributed by atoms with van der Waals surface area (Å²) in [6.07, 6.45) is 6.90. The first-order chi connectivity index (χ1) is 7.64. The van der Waals surface area contributed by atoms with Crippen molar-refractivity contribution in [3.8, 4) is 6.07 Å². The van der Waals surface area contributed by atoms with Crippen LogP contribution in [0.1, 0.15) is 59.3 Å². The summed E-state index contributed by atoms with van der Waals surface area (Å²) in [6, 6.07) is 3.10. The molecule has 0 atom stereocenters. The molecule has 16 heavy (non-hydrogen) atoms. The van der Waals surface area contributed by atoms with Crippen LogP contribution in [-0.2, 0) is 0 Å². The molecule has 1 aliphatic rings. The van der Waals surface area contributed by atoms with Crippen LogP contribution >= 0.6 is 0 Å². The molecule has 2 heteroatoms. The van der Waals surface area contributed by atoms with Crippen LogP contribution in [-0.4, -0.2) is 12.6 Å². The fourth-order valence-corrected chi connectivity index (χ4v) is 2.86. The van der Waals surface area contributed by atoms with Gasteiger partial charge in [-0.1, -0.05) is 20.8 Å². The van der Waals surface area contributed by atoms with E-state index >= 15 is 0 Å². The Morgan fingerprint density at radius 1 is 1.38 bits per heavy atom. The molecule has 0 aromatic rings. The highest BCUT2D eigenvalue weighted by Crippen LogP contribution is 2.44. The van der Waals surface area contributed by atoms with Gasteiger partial charge in [0.25, 0.3) is 0 Å². The number of nitrogens with zero attached hydrogens (tertiary/aromatic N) is 1. The summed E-state index contributed by atoms with van der Waals surface area (Å²) in [5.74, 6) is 0.638. The molecule has 0 heterocycles. The van der Waals surface area contributed by atoms with Crippen LogP contribution in [0.5, 0.6) is 0 Å².